The van der Waals surface area contributed by atoms with Gasteiger partial charge in [-0.15, -0.1) is 0 Å². The monoisotopic (exact) mass is 333 g/mol. The van der Waals surface area contributed by atoms with Crippen LogP contribution in [0.5, 0.6) is 5.75 Å². The molecule has 0 aliphatic carbocycles. The molecule has 2 heterocycles. The van der Waals surface area contributed by atoms with E-state index in [1.165, 1.54) is 11.1 Å². The standard InChI is InChI=1S/C22H23NO2/c1-15-19(8-10-23-21(15)12-16-6-4-3-5-7-16)20-14-18(24-2)13-17-9-11-25-22(17)20/h3-9,11,13-15,21,23H,10,12H2,1-2H3. The van der Waals surface area contributed by atoms with Crippen LogP contribution < -0.4 is 10.1 Å². The maximum Gasteiger partial charge on any atom is 0.141 e. The van der Waals surface area contributed by atoms with Crippen molar-refractivity contribution in [1.29, 1.82) is 0 Å². The third-order valence-electron chi connectivity index (χ3n) is 5.17. The zero-order valence-electron chi connectivity index (χ0n) is 14.7. The van der Waals surface area contributed by atoms with Crippen LogP contribution in [0.1, 0.15) is 18.1 Å². The number of fused-ring (bicyclic) bond motifs is 1. The lowest BCUT2D eigenvalue weighted by atomic mass is 9.82. The lowest BCUT2D eigenvalue weighted by molar-refractivity contribution is 0.414. The van der Waals surface area contributed by atoms with E-state index in [0.29, 0.717) is 12.0 Å². The Morgan fingerprint density at radius 3 is 2.80 bits per heavy atom. The van der Waals surface area contributed by atoms with Crippen LogP contribution in [0.2, 0.25) is 0 Å². The highest BCUT2D eigenvalue weighted by Crippen LogP contribution is 2.37. The smallest absolute Gasteiger partial charge is 0.141 e. The van der Waals surface area contributed by atoms with Gasteiger partial charge in [-0.3, -0.25) is 0 Å². The van der Waals surface area contributed by atoms with E-state index in [9.17, 15) is 0 Å². The van der Waals surface area contributed by atoms with Gasteiger partial charge in [-0.25, -0.2) is 0 Å². The molecule has 0 amide bonds. The summed E-state index contributed by atoms with van der Waals surface area (Å²) in [4.78, 5) is 0. The van der Waals surface area contributed by atoms with Crippen molar-refractivity contribution in [3.05, 3.63) is 72.0 Å². The Morgan fingerprint density at radius 2 is 2.00 bits per heavy atom. The summed E-state index contributed by atoms with van der Waals surface area (Å²) in [5.74, 6) is 1.25. The first-order valence-electron chi connectivity index (χ1n) is 8.79. The number of furan rings is 1. The Balaban J connectivity index is 1.68. The molecule has 128 valence electrons. The predicted octanol–water partition coefficient (Wildman–Crippen LogP) is 4.68. The summed E-state index contributed by atoms with van der Waals surface area (Å²) >= 11 is 0. The normalized spacial score (nSPS) is 20.5. The van der Waals surface area contributed by atoms with E-state index in [4.69, 9.17) is 9.15 Å². The summed E-state index contributed by atoms with van der Waals surface area (Å²) in [5.41, 5.74) is 4.78. The second-order valence-electron chi connectivity index (χ2n) is 6.67. The quantitative estimate of drug-likeness (QED) is 0.753. The maximum absolute atomic E-state index is 5.79. The van der Waals surface area contributed by atoms with Crippen molar-refractivity contribution in [3.63, 3.8) is 0 Å². The SMILES string of the molecule is COc1cc(C2=CCNC(Cc3ccccc3)C2C)c2occc2c1. The summed E-state index contributed by atoms with van der Waals surface area (Å²) in [6.07, 6.45) is 5.05. The minimum Gasteiger partial charge on any atom is -0.497 e. The Bertz CT molecular complexity index is 895. The number of nitrogens with one attached hydrogen (secondary N) is 1. The maximum atomic E-state index is 5.79. The average molecular weight is 333 g/mol. The van der Waals surface area contributed by atoms with Crippen LogP contribution in [0.25, 0.3) is 16.5 Å². The van der Waals surface area contributed by atoms with Crippen molar-refractivity contribution < 1.29 is 9.15 Å². The van der Waals surface area contributed by atoms with Crippen LogP contribution in [-0.4, -0.2) is 19.7 Å². The number of hydrogen-bond donors (Lipinski definition) is 1. The van der Waals surface area contributed by atoms with E-state index >= 15 is 0 Å². The summed E-state index contributed by atoms with van der Waals surface area (Å²) < 4.78 is 11.3. The molecule has 0 spiro atoms. The number of hydrogen-bond acceptors (Lipinski definition) is 3. The van der Waals surface area contributed by atoms with Crippen LogP contribution in [0.4, 0.5) is 0 Å². The molecule has 3 heteroatoms. The molecule has 3 aromatic rings. The van der Waals surface area contributed by atoms with Gasteiger partial charge in [0, 0.05) is 23.5 Å². The fourth-order valence-electron chi connectivity index (χ4n) is 3.76. The Hall–Kier alpha value is -2.52. The van der Waals surface area contributed by atoms with Crippen LogP contribution in [0, 0.1) is 5.92 Å². The molecule has 1 aliphatic heterocycles. The van der Waals surface area contributed by atoms with Crippen molar-refractivity contribution in [2.75, 3.05) is 13.7 Å². The Kier molecular flexibility index (Phi) is 4.33. The summed E-state index contributed by atoms with van der Waals surface area (Å²) in [7, 11) is 1.71. The summed E-state index contributed by atoms with van der Waals surface area (Å²) in [6.45, 7) is 3.16. The third kappa shape index (κ3) is 3.08. The van der Waals surface area contributed by atoms with Crippen molar-refractivity contribution in [2.45, 2.75) is 19.4 Å². The van der Waals surface area contributed by atoms with E-state index in [1.807, 2.05) is 12.1 Å². The molecule has 2 atom stereocenters. The molecule has 4 rings (SSSR count). The van der Waals surface area contributed by atoms with Crippen molar-refractivity contribution in [3.8, 4) is 5.75 Å². The Morgan fingerprint density at radius 1 is 1.16 bits per heavy atom. The zero-order chi connectivity index (χ0) is 17.2. The first-order chi connectivity index (χ1) is 12.3. The van der Waals surface area contributed by atoms with Gasteiger partial charge in [0.1, 0.15) is 11.3 Å². The van der Waals surface area contributed by atoms with E-state index in [-0.39, 0.29) is 0 Å². The van der Waals surface area contributed by atoms with E-state index < -0.39 is 0 Å². The molecule has 2 unspecified atom stereocenters. The van der Waals surface area contributed by atoms with Crippen molar-refractivity contribution >= 4 is 16.5 Å². The van der Waals surface area contributed by atoms with Gasteiger partial charge >= 0.3 is 0 Å². The molecule has 3 nitrogen and oxygen atoms in total. The molecule has 25 heavy (non-hydrogen) atoms. The van der Waals surface area contributed by atoms with E-state index in [0.717, 1.165) is 35.2 Å². The second kappa shape index (κ2) is 6.77. The van der Waals surface area contributed by atoms with E-state index in [2.05, 4.69) is 54.7 Å². The first-order valence-corrected chi connectivity index (χ1v) is 8.79. The van der Waals surface area contributed by atoms with Crippen LogP contribution >= 0.6 is 0 Å². The van der Waals surface area contributed by atoms with Crippen LogP contribution in [-0.2, 0) is 6.42 Å². The van der Waals surface area contributed by atoms with Gasteiger partial charge in [0.2, 0.25) is 0 Å². The summed E-state index contributed by atoms with van der Waals surface area (Å²) in [5, 5.41) is 4.73. The Labute approximate surface area is 148 Å². The molecular formula is C22H23NO2. The molecular weight excluding hydrogens is 310 g/mol. The molecule has 1 N–H and O–H groups in total. The number of ether oxygens (including phenoxy) is 1. The number of methoxy groups -OCH3 is 1. The molecule has 0 bridgehead atoms. The zero-order valence-corrected chi connectivity index (χ0v) is 14.7. The van der Waals surface area contributed by atoms with Crippen molar-refractivity contribution in [2.24, 2.45) is 5.92 Å². The fourth-order valence-corrected chi connectivity index (χ4v) is 3.76. The number of rotatable bonds is 4. The van der Waals surface area contributed by atoms with Gasteiger partial charge in [0.25, 0.3) is 0 Å². The van der Waals surface area contributed by atoms with Gasteiger partial charge in [-0.05, 0) is 41.7 Å². The van der Waals surface area contributed by atoms with Gasteiger partial charge in [0.05, 0.1) is 13.4 Å². The topological polar surface area (TPSA) is 34.4 Å². The molecule has 1 aromatic heterocycles. The summed E-state index contributed by atoms with van der Waals surface area (Å²) in [6, 6.07) is 17.2. The lowest BCUT2D eigenvalue weighted by Gasteiger charge is -2.32. The largest absolute Gasteiger partial charge is 0.497 e. The third-order valence-corrected chi connectivity index (χ3v) is 5.17. The van der Waals surface area contributed by atoms with Crippen LogP contribution in [0.3, 0.4) is 0 Å². The highest BCUT2D eigenvalue weighted by Gasteiger charge is 2.27. The predicted molar refractivity (Wildman–Crippen MR) is 102 cm³/mol. The van der Waals surface area contributed by atoms with Gasteiger partial charge in [-0.1, -0.05) is 43.3 Å². The molecule has 0 radical (unpaired) electrons. The van der Waals surface area contributed by atoms with Crippen molar-refractivity contribution in [1.82, 2.24) is 5.32 Å². The molecule has 1 aliphatic rings. The molecule has 0 fully saturated rings. The van der Waals surface area contributed by atoms with Gasteiger partial charge in [0.15, 0.2) is 0 Å². The average Bonchev–Trinajstić information content (AvgIpc) is 3.12. The van der Waals surface area contributed by atoms with Gasteiger partial charge in [-0.2, -0.15) is 0 Å². The lowest BCUT2D eigenvalue weighted by Crippen LogP contribution is -2.40. The highest BCUT2D eigenvalue weighted by molar-refractivity contribution is 5.92. The molecule has 2 aromatic carbocycles. The number of benzene rings is 2. The minimum atomic E-state index is 0.384. The highest BCUT2D eigenvalue weighted by atomic mass is 16.5. The molecule has 0 saturated carbocycles. The second-order valence-corrected chi connectivity index (χ2v) is 6.67. The minimum absolute atomic E-state index is 0.384. The first kappa shape index (κ1) is 16.0. The van der Waals surface area contributed by atoms with Gasteiger partial charge < -0.3 is 14.5 Å². The van der Waals surface area contributed by atoms with Crippen LogP contribution in [0.15, 0.2) is 65.3 Å². The fraction of sp³-hybridized carbons (Fsp3) is 0.273. The van der Waals surface area contributed by atoms with E-state index in [1.54, 1.807) is 13.4 Å². The molecule has 0 saturated heterocycles.